The van der Waals surface area contributed by atoms with E-state index in [1.807, 2.05) is 49.0 Å². The van der Waals surface area contributed by atoms with Gasteiger partial charge in [0.15, 0.2) is 5.82 Å². The number of rotatable bonds is 4. The number of aliphatic imine (C=N–C) groups is 1. The number of anilines is 3. The van der Waals surface area contributed by atoms with Crippen molar-refractivity contribution < 1.29 is 4.79 Å². The zero-order valence-corrected chi connectivity index (χ0v) is 18.6. The summed E-state index contributed by atoms with van der Waals surface area (Å²) in [6, 6.07) is 7.85. The van der Waals surface area contributed by atoms with E-state index in [4.69, 9.17) is 5.10 Å². The molecule has 1 aliphatic carbocycles. The molecule has 3 heterocycles. The average molecular weight is 433 g/mol. The van der Waals surface area contributed by atoms with Crippen LogP contribution >= 0.6 is 0 Å². The van der Waals surface area contributed by atoms with Crippen LogP contribution in [0.5, 0.6) is 0 Å². The smallest absolute Gasteiger partial charge is 0.261 e. The second-order valence-electron chi connectivity index (χ2n) is 9.25. The van der Waals surface area contributed by atoms with Crippen molar-refractivity contribution in [1.29, 1.82) is 0 Å². The van der Waals surface area contributed by atoms with Crippen molar-refractivity contribution >= 4 is 40.2 Å². The van der Waals surface area contributed by atoms with Gasteiger partial charge in [0, 0.05) is 36.8 Å². The van der Waals surface area contributed by atoms with Gasteiger partial charge >= 0.3 is 0 Å². The minimum Gasteiger partial charge on any atom is -0.338 e. The highest BCUT2D eigenvalue weighted by Crippen LogP contribution is 2.40. The molecule has 8 heteroatoms. The van der Waals surface area contributed by atoms with Gasteiger partial charge in [-0.3, -0.25) is 14.3 Å². The van der Waals surface area contributed by atoms with E-state index in [9.17, 15) is 9.59 Å². The Hall–Kier alpha value is -3.42. The van der Waals surface area contributed by atoms with E-state index in [2.05, 4.69) is 20.6 Å². The van der Waals surface area contributed by atoms with E-state index in [1.54, 1.807) is 13.2 Å². The van der Waals surface area contributed by atoms with Crippen molar-refractivity contribution in [2.75, 3.05) is 17.7 Å². The molecule has 2 aromatic heterocycles. The summed E-state index contributed by atoms with van der Waals surface area (Å²) in [7, 11) is 1.80. The lowest BCUT2D eigenvalue weighted by Crippen LogP contribution is -2.26. The fourth-order valence-corrected chi connectivity index (χ4v) is 5.06. The van der Waals surface area contributed by atoms with Gasteiger partial charge in [-0.05, 0) is 50.5 Å². The van der Waals surface area contributed by atoms with Gasteiger partial charge in [0.1, 0.15) is 5.39 Å². The van der Waals surface area contributed by atoms with Gasteiger partial charge in [0.05, 0.1) is 17.0 Å². The molecule has 2 atom stereocenters. The van der Waals surface area contributed by atoms with Crippen LogP contribution in [0.25, 0.3) is 10.9 Å². The lowest BCUT2D eigenvalue weighted by molar-refractivity contribution is -0.119. The first-order valence-corrected chi connectivity index (χ1v) is 11.2. The summed E-state index contributed by atoms with van der Waals surface area (Å²) in [5.41, 5.74) is 2.60. The molecule has 0 radical (unpaired) electrons. The Morgan fingerprint density at radius 3 is 2.84 bits per heavy atom. The molecule has 1 unspecified atom stereocenters. The number of pyridine rings is 1. The van der Waals surface area contributed by atoms with Crippen LogP contribution in [0.4, 0.5) is 17.2 Å². The third kappa shape index (κ3) is 3.21. The Morgan fingerprint density at radius 1 is 1.22 bits per heavy atom. The Kier molecular flexibility index (Phi) is 4.87. The second kappa shape index (κ2) is 7.62. The van der Waals surface area contributed by atoms with Gasteiger partial charge in [-0.15, -0.1) is 0 Å². The van der Waals surface area contributed by atoms with Gasteiger partial charge in [0.25, 0.3) is 5.56 Å². The molecule has 32 heavy (non-hydrogen) atoms. The molecule has 1 fully saturated rings. The number of H-pyrrole nitrogens is 1. The normalized spacial score (nSPS) is 22.3. The summed E-state index contributed by atoms with van der Waals surface area (Å²) in [5, 5.41) is 11.7. The first-order chi connectivity index (χ1) is 15.4. The zero-order valence-electron chi connectivity index (χ0n) is 18.6. The molecule has 0 bridgehead atoms. The molecule has 2 aliphatic rings. The summed E-state index contributed by atoms with van der Waals surface area (Å²) in [4.78, 5) is 32.1. The number of hydrogen-bond acceptors (Lipinski definition) is 5. The van der Waals surface area contributed by atoms with Crippen molar-refractivity contribution in [3.63, 3.8) is 0 Å². The predicted octanol–water partition coefficient (Wildman–Crippen LogP) is 4.13. The zero-order chi connectivity index (χ0) is 22.5. The van der Waals surface area contributed by atoms with Crippen molar-refractivity contribution in [2.45, 2.75) is 51.0 Å². The number of nitrogens with zero attached hydrogens (tertiary/aromatic N) is 3. The minimum atomic E-state index is -0.559. The van der Waals surface area contributed by atoms with E-state index in [1.165, 1.54) is 6.42 Å². The molecule has 1 aromatic carbocycles. The first kappa shape index (κ1) is 20.5. The molecular formula is C24H28N6O2. The summed E-state index contributed by atoms with van der Waals surface area (Å²) in [6.45, 7) is 3.83. The van der Waals surface area contributed by atoms with Crippen molar-refractivity contribution in [3.05, 3.63) is 46.4 Å². The molecule has 0 spiro atoms. The fraction of sp³-hybridized carbons (Fsp3) is 0.417. The van der Waals surface area contributed by atoms with Crippen LogP contribution in [0.2, 0.25) is 0 Å². The van der Waals surface area contributed by atoms with Crippen molar-refractivity contribution in [3.8, 4) is 0 Å². The van der Waals surface area contributed by atoms with Crippen LogP contribution in [0, 0.1) is 5.92 Å². The Bertz CT molecular complexity index is 1290. The molecule has 1 amide bonds. The van der Waals surface area contributed by atoms with E-state index in [0.29, 0.717) is 17.1 Å². The van der Waals surface area contributed by atoms with Crippen LogP contribution < -0.4 is 16.2 Å². The lowest BCUT2D eigenvalue weighted by Gasteiger charge is -2.29. The Balaban J connectivity index is 1.57. The summed E-state index contributed by atoms with van der Waals surface area (Å²) < 4.78 is 2.00. The number of carbonyl (C=O) groups is 1. The van der Waals surface area contributed by atoms with E-state index >= 15 is 0 Å². The van der Waals surface area contributed by atoms with Crippen LogP contribution in [-0.2, 0) is 10.2 Å². The SMILES string of the molecule is CN=C[C@H]1CCCCC1n1nc(Nc2ccc3c(c2)NC(=O)C3(C)C)c2c(=O)[nH]ccc21. The maximum Gasteiger partial charge on any atom is 0.261 e. The summed E-state index contributed by atoms with van der Waals surface area (Å²) >= 11 is 0. The second-order valence-corrected chi connectivity index (χ2v) is 9.25. The van der Waals surface area contributed by atoms with Crippen LogP contribution in [-0.4, -0.2) is 33.9 Å². The molecule has 5 rings (SSSR count). The van der Waals surface area contributed by atoms with Crippen molar-refractivity contribution in [2.24, 2.45) is 10.9 Å². The summed E-state index contributed by atoms with van der Waals surface area (Å²) in [6.07, 6.45) is 8.06. The topological polar surface area (TPSA) is 104 Å². The number of aromatic amines is 1. The van der Waals surface area contributed by atoms with Crippen LogP contribution in [0.3, 0.4) is 0 Å². The molecule has 1 aliphatic heterocycles. The number of benzene rings is 1. The van der Waals surface area contributed by atoms with Gasteiger partial charge in [-0.2, -0.15) is 5.10 Å². The predicted molar refractivity (Wildman–Crippen MR) is 127 cm³/mol. The molecule has 8 nitrogen and oxygen atoms in total. The molecular weight excluding hydrogens is 404 g/mol. The van der Waals surface area contributed by atoms with Gasteiger partial charge < -0.3 is 20.6 Å². The molecule has 1 saturated carbocycles. The number of carbonyl (C=O) groups excluding carboxylic acids is 1. The first-order valence-electron chi connectivity index (χ1n) is 11.2. The Labute approximate surface area is 186 Å². The molecule has 166 valence electrons. The van der Waals surface area contributed by atoms with Crippen LogP contribution in [0.15, 0.2) is 40.2 Å². The largest absolute Gasteiger partial charge is 0.338 e. The quantitative estimate of drug-likeness (QED) is 0.539. The third-order valence-electron chi connectivity index (χ3n) is 6.84. The van der Waals surface area contributed by atoms with Crippen LogP contribution in [0.1, 0.15) is 51.1 Å². The van der Waals surface area contributed by atoms with E-state index in [-0.39, 0.29) is 17.5 Å². The number of fused-ring (bicyclic) bond motifs is 2. The number of amides is 1. The average Bonchev–Trinajstić information content (AvgIpc) is 3.24. The number of aromatic nitrogens is 3. The maximum atomic E-state index is 12.8. The monoisotopic (exact) mass is 432 g/mol. The lowest BCUT2D eigenvalue weighted by atomic mass is 9.85. The van der Waals surface area contributed by atoms with Gasteiger partial charge in [0.2, 0.25) is 5.91 Å². The molecule has 0 saturated heterocycles. The summed E-state index contributed by atoms with van der Waals surface area (Å²) in [5.74, 6) is 0.793. The van der Waals surface area contributed by atoms with Gasteiger partial charge in [-0.25, -0.2) is 0 Å². The maximum absolute atomic E-state index is 12.8. The minimum absolute atomic E-state index is 0.0169. The molecule has 3 N–H and O–H groups in total. The van der Waals surface area contributed by atoms with E-state index < -0.39 is 5.41 Å². The van der Waals surface area contributed by atoms with Gasteiger partial charge in [-0.1, -0.05) is 18.9 Å². The molecule has 3 aromatic rings. The standard InChI is InChI=1S/C24H28N6O2/c1-24(2)16-9-8-15(12-17(16)28-23(24)32)27-21-20-19(10-11-26-22(20)31)30(29-21)18-7-5-4-6-14(18)13-25-3/h8-14,18H,4-7H2,1-3H3,(H,26,31)(H,27,29)(H,28,32)/t14-,18?/m1/s1. The number of nitrogens with one attached hydrogen (secondary N) is 3. The van der Waals surface area contributed by atoms with Crippen molar-refractivity contribution in [1.82, 2.24) is 14.8 Å². The highest BCUT2D eigenvalue weighted by atomic mass is 16.2. The van der Waals surface area contributed by atoms with E-state index in [0.717, 1.165) is 41.7 Å². The number of hydrogen-bond donors (Lipinski definition) is 3. The Morgan fingerprint density at radius 2 is 2.03 bits per heavy atom. The highest BCUT2D eigenvalue weighted by molar-refractivity contribution is 6.06. The highest BCUT2D eigenvalue weighted by Gasteiger charge is 2.38. The third-order valence-corrected chi connectivity index (χ3v) is 6.84. The fourth-order valence-electron chi connectivity index (χ4n) is 5.06.